The summed E-state index contributed by atoms with van der Waals surface area (Å²) in [5, 5.41) is 3.61. The van der Waals surface area contributed by atoms with Gasteiger partial charge in [0.15, 0.2) is 0 Å². The number of allylic oxidation sites excluding steroid dienone is 1. The van der Waals surface area contributed by atoms with Gasteiger partial charge >= 0.3 is 5.97 Å². The fourth-order valence-corrected chi connectivity index (χ4v) is 0.832. The second-order valence-electron chi connectivity index (χ2n) is 2.08. The van der Waals surface area contributed by atoms with Crippen molar-refractivity contribution in [1.82, 2.24) is 5.16 Å². The maximum atomic E-state index is 11.1. The van der Waals surface area contributed by atoms with Gasteiger partial charge in [0, 0.05) is 6.07 Å². The number of esters is 1. The number of ether oxygens (including phenoxy) is 1. The molecule has 1 aromatic rings. The average molecular weight is 167 g/mol. The van der Waals surface area contributed by atoms with Gasteiger partial charge in [-0.3, -0.25) is 0 Å². The van der Waals surface area contributed by atoms with E-state index in [9.17, 15) is 4.79 Å². The highest BCUT2D eigenvalue weighted by atomic mass is 16.5. The lowest BCUT2D eigenvalue weighted by molar-refractivity contribution is -0.133. The molecule has 0 saturated heterocycles. The molecule has 1 heterocycles. The molecule has 0 aliphatic rings. The van der Waals surface area contributed by atoms with Crippen LogP contribution in [-0.2, 0) is 9.53 Å². The van der Waals surface area contributed by atoms with Crippen LogP contribution in [0.25, 0.3) is 5.57 Å². The Balaban J connectivity index is 2.93. The average Bonchev–Trinajstić information content (AvgIpc) is 2.58. The highest BCUT2D eigenvalue weighted by molar-refractivity contribution is 6.15. The summed E-state index contributed by atoms with van der Waals surface area (Å²) in [7, 11) is 1.33. The van der Waals surface area contributed by atoms with Crippen LogP contribution in [0.3, 0.4) is 0 Å². The largest absolute Gasteiger partial charge is 0.465 e. The fraction of sp³-hybridized carbons (Fsp3) is 0.250. The Morgan fingerprint density at radius 2 is 2.50 bits per heavy atom. The predicted octanol–water partition coefficient (Wildman–Crippen LogP) is 1.25. The molecule has 0 fully saturated rings. The number of methoxy groups -OCH3 is 1. The summed E-state index contributed by atoms with van der Waals surface area (Å²) in [6.07, 6.45) is 3.03. The van der Waals surface area contributed by atoms with Gasteiger partial charge < -0.3 is 9.26 Å². The molecular weight excluding hydrogens is 158 g/mol. The molecule has 0 bridgehead atoms. The molecule has 1 aromatic heterocycles. The number of carbonyl (C=O) groups excluding carboxylic acids is 1. The highest BCUT2D eigenvalue weighted by Gasteiger charge is 2.13. The van der Waals surface area contributed by atoms with Crippen LogP contribution in [-0.4, -0.2) is 18.2 Å². The number of aromatic nitrogens is 1. The van der Waals surface area contributed by atoms with Crippen molar-refractivity contribution in [1.29, 1.82) is 0 Å². The molecule has 0 atom stereocenters. The molecule has 0 spiro atoms. The molecule has 4 nitrogen and oxygen atoms in total. The van der Waals surface area contributed by atoms with E-state index in [0.717, 1.165) is 0 Å². The molecule has 0 aromatic carbocycles. The van der Waals surface area contributed by atoms with Crippen molar-refractivity contribution in [3.05, 3.63) is 24.1 Å². The van der Waals surface area contributed by atoms with E-state index >= 15 is 0 Å². The molecule has 0 aliphatic carbocycles. The summed E-state index contributed by atoms with van der Waals surface area (Å²) in [5.41, 5.74) is 0.899. The molecule has 12 heavy (non-hydrogen) atoms. The monoisotopic (exact) mass is 167 g/mol. The minimum Gasteiger partial charge on any atom is -0.465 e. The summed E-state index contributed by atoms with van der Waals surface area (Å²) in [6.45, 7) is 1.74. The van der Waals surface area contributed by atoms with E-state index < -0.39 is 5.97 Å². The van der Waals surface area contributed by atoms with E-state index in [-0.39, 0.29) is 0 Å². The zero-order chi connectivity index (χ0) is 8.97. The summed E-state index contributed by atoms with van der Waals surface area (Å²) >= 11 is 0. The first-order chi connectivity index (χ1) is 5.79. The topological polar surface area (TPSA) is 52.3 Å². The van der Waals surface area contributed by atoms with Crippen LogP contribution in [0.15, 0.2) is 22.9 Å². The summed E-state index contributed by atoms with van der Waals surface area (Å²) in [4.78, 5) is 11.1. The van der Waals surface area contributed by atoms with Crippen LogP contribution in [0.2, 0.25) is 0 Å². The molecule has 1 rings (SSSR count). The summed E-state index contributed by atoms with van der Waals surface area (Å²) < 4.78 is 9.13. The maximum Gasteiger partial charge on any atom is 0.339 e. The summed E-state index contributed by atoms with van der Waals surface area (Å²) in [6, 6.07) is 1.60. The Morgan fingerprint density at radius 3 is 2.92 bits per heavy atom. The normalized spacial score (nSPS) is 11.3. The van der Waals surface area contributed by atoms with Crippen molar-refractivity contribution in [2.45, 2.75) is 6.92 Å². The molecule has 0 amide bonds. The van der Waals surface area contributed by atoms with Crippen molar-refractivity contribution in [3.8, 4) is 0 Å². The van der Waals surface area contributed by atoms with Gasteiger partial charge in [0.1, 0.15) is 12.0 Å². The number of carbonyl (C=O) groups is 1. The molecule has 0 aliphatic heterocycles. The van der Waals surface area contributed by atoms with Gasteiger partial charge in [-0.05, 0) is 6.92 Å². The third kappa shape index (κ3) is 1.53. The highest BCUT2D eigenvalue weighted by Crippen LogP contribution is 2.12. The van der Waals surface area contributed by atoms with Crippen LogP contribution in [0.1, 0.15) is 12.6 Å². The fourth-order valence-electron chi connectivity index (χ4n) is 0.832. The van der Waals surface area contributed by atoms with Gasteiger partial charge in [-0.15, -0.1) is 0 Å². The second kappa shape index (κ2) is 3.71. The van der Waals surface area contributed by atoms with Crippen LogP contribution in [0.5, 0.6) is 0 Å². The van der Waals surface area contributed by atoms with E-state index in [0.29, 0.717) is 11.3 Å². The Bertz CT molecular complexity index is 287. The van der Waals surface area contributed by atoms with Crippen molar-refractivity contribution < 1.29 is 14.1 Å². The number of hydrogen-bond acceptors (Lipinski definition) is 4. The van der Waals surface area contributed by atoms with Crippen molar-refractivity contribution in [3.63, 3.8) is 0 Å². The first kappa shape index (κ1) is 8.52. The van der Waals surface area contributed by atoms with Gasteiger partial charge in [-0.2, -0.15) is 0 Å². The number of hydrogen-bond donors (Lipinski definition) is 0. The molecule has 0 unspecified atom stereocenters. The van der Waals surface area contributed by atoms with Gasteiger partial charge in [0.05, 0.1) is 12.7 Å². The van der Waals surface area contributed by atoms with Crippen LogP contribution < -0.4 is 0 Å². The van der Waals surface area contributed by atoms with Crippen molar-refractivity contribution in [2.75, 3.05) is 7.11 Å². The Kier molecular flexibility index (Phi) is 2.63. The van der Waals surface area contributed by atoms with Crippen LogP contribution in [0, 0.1) is 0 Å². The molecular formula is C8H9NO3. The van der Waals surface area contributed by atoms with E-state index in [1.165, 1.54) is 13.4 Å². The van der Waals surface area contributed by atoms with E-state index in [1.807, 2.05) is 0 Å². The number of rotatable bonds is 2. The molecule has 64 valence electrons. The van der Waals surface area contributed by atoms with Crippen LogP contribution >= 0.6 is 0 Å². The van der Waals surface area contributed by atoms with Gasteiger partial charge in [0.2, 0.25) is 0 Å². The predicted molar refractivity (Wildman–Crippen MR) is 42.2 cm³/mol. The quantitative estimate of drug-likeness (QED) is 0.491. The smallest absolute Gasteiger partial charge is 0.339 e. The first-order valence-corrected chi connectivity index (χ1v) is 3.45. The Hall–Kier alpha value is -1.58. The Morgan fingerprint density at radius 1 is 1.75 bits per heavy atom. The minimum absolute atomic E-state index is 0.409. The van der Waals surface area contributed by atoms with Gasteiger partial charge in [-0.25, -0.2) is 4.79 Å². The third-order valence-corrected chi connectivity index (χ3v) is 1.41. The lowest BCUT2D eigenvalue weighted by Crippen LogP contribution is -2.03. The van der Waals surface area contributed by atoms with Crippen molar-refractivity contribution in [2.24, 2.45) is 0 Å². The number of nitrogens with zero attached hydrogens (tertiary/aromatic N) is 1. The second-order valence-corrected chi connectivity index (χ2v) is 2.08. The summed E-state index contributed by atoms with van der Waals surface area (Å²) in [5.74, 6) is -0.411. The molecule has 0 radical (unpaired) electrons. The van der Waals surface area contributed by atoms with Crippen molar-refractivity contribution >= 4 is 11.5 Å². The zero-order valence-electron chi connectivity index (χ0n) is 6.90. The molecule has 4 heteroatoms. The molecule has 0 N–H and O–H groups in total. The van der Waals surface area contributed by atoms with Crippen LogP contribution in [0.4, 0.5) is 0 Å². The SMILES string of the molecule is C/C=C(/C(=O)OC)c1ccon1. The lowest BCUT2D eigenvalue weighted by atomic mass is 10.2. The van der Waals surface area contributed by atoms with E-state index in [2.05, 4.69) is 14.4 Å². The maximum absolute atomic E-state index is 11.1. The third-order valence-electron chi connectivity index (χ3n) is 1.41. The molecule has 0 saturated carbocycles. The van der Waals surface area contributed by atoms with E-state index in [4.69, 9.17) is 0 Å². The Labute approximate surface area is 69.8 Å². The van der Waals surface area contributed by atoms with Gasteiger partial charge in [-0.1, -0.05) is 11.2 Å². The lowest BCUT2D eigenvalue weighted by Gasteiger charge is -1.98. The standard InChI is InChI=1S/C8H9NO3/c1-3-6(8(10)11-2)7-4-5-12-9-7/h3-5H,1-2H3/b6-3+. The zero-order valence-corrected chi connectivity index (χ0v) is 6.90. The minimum atomic E-state index is -0.411. The first-order valence-electron chi connectivity index (χ1n) is 3.45. The van der Waals surface area contributed by atoms with Gasteiger partial charge in [0.25, 0.3) is 0 Å². The van der Waals surface area contributed by atoms with E-state index in [1.54, 1.807) is 19.1 Å².